The Morgan fingerprint density at radius 1 is 1.27 bits per heavy atom. The van der Waals surface area contributed by atoms with Crippen molar-refractivity contribution < 1.29 is 31.4 Å². The van der Waals surface area contributed by atoms with Crippen LogP contribution in [0.4, 0.5) is 18.9 Å². The van der Waals surface area contributed by atoms with Crippen molar-refractivity contribution in [3.63, 3.8) is 0 Å². The third-order valence-corrected chi connectivity index (χ3v) is 7.57. The van der Waals surface area contributed by atoms with Crippen LogP contribution in [0, 0.1) is 11.3 Å². The number of nitrogens with one attached hydrogen (secondary N) is 1. The zero-order chi connectivity index (χ0) is 26.8. The molecule has 2 N–H and O–H groups in total. The number of benzene rings is 2. The molecular formula is C23H23F3N5O5S+. The van der Waals surface area contributed by atoms with E-state index in [-0.39, 0.29) is 44.9 Å². The SMILES string of the molecule is CC[S+](=O)(O)c1ccc(C#N)cc1Nn1cnc2cc(CN3CCOCC3)c(OC(F)(F)F)cc2c1=O. The first-order valence-electron chi connectivity index (χ1n) is 11.2. The van der Waals surface area contributed by atoms with Gasteiger partial charge in [0, 0.05) is 25.2 Å². The zero-order valence-electron chi connectivity index (χ0n) is 19.6. The van der Waals surface area contributed by atoms with Crippen LogP contribution in [-0.4, -0.2) is 57.5 Å². The number of fused-ring (bicyclic) bond motifs is 1. The molecule has 0 amide bonds. The van der Waals surface area contributed by atoms with Gasteiger partial charge in [-0.05, 0) is 37.3 Å². The molecule has 196 valence electrons. The molecule has 0 radical (unpaired) electrons. The number of aromatic nitrogens is 2. The number of rotatable bonds is 7. The first kappa shape index (κ1) is 26.6. The average molecular weight is 539 g/mol. The van der Waals surface area contributed by atoms with Gasteiger partial charge in [0.25, 0.3) is 5.56 Å². The average Bonchev–Trinajstić information content (AvgIpc) is 2.86. The van der Waals surface area contributed by atoms with E-state index in [0.717, 1.165) is 17.1 Å². The molecule has 1 aliphatic rings. The Hall–Kier alpha value is -3.51. The standard InChI is InChI=1S/C23H22F3N5O5S/c1-2-37(33,34)21-4-3-15(12-27)9-19(21)29-31-14-28-18-10-16(13-30-5-7-35-8-6-30)20(36-23(24,25)26)11-17(18)22(31)32/h3-4,9-11,14H,2,5-8,13H2,1H3,(H-,29,33,34)/p+1. The van der Waals surface area contributed by atoms with E-state index in [1.54, 1.807) is 0 Å². The lowest BCUT2D eigenvalue weighted by atomic mass is 10.1. The van der Waals surface area contributed by atoms with Gasteiger partial charge in [-0.15, -0.1) is 13.2 Å². The van der Waals surface area contributed by atoms with E-state index in [1.165, 1.54) is 31.2 Å². The lowest BCUT2D eigenvalue weighted by Gasteiger charge is -2.27. The summed E-state index contributed by atoms with van der Waals surface area (Å²) in [4.78, 5) is 19.3. The molecule has 0 spiro atoms. The Balaban J connectivity index is 1.78. The molecule has 1 saturated heterocycles. The van der Waals surface area contributed by atoms with E-state index in [0.29, 0.717) is 26.3 Å². The number of anilines is 1. The van der Waals surface area contributed by atoms with Crippen molar-refractivity contribution in [3.8, 4) is 11.8 Å². The molecule has 0 aliphatic carbocycles. The van der Waals surface area contributed by atoms with Gasteiger partial charge in [0.1, 0.15) is 23.5 Å². The highest BCUT2D eigenvalue weighted by Gasteiger charge is 2.33. The Morgan fingerprint density at radius 2 is 2.00 bits per heavy atom. The van der Waals surface area contributed by atoms with Gasteiger partial charge in [-0.1, -0.05) is 4.21 Å². The van der Waals surface area contributed by atoms with Crippen molar-refractivity contribution in [1.29, 1.82) is 5.26 Å². The van der Waals surface area contributed by atoms with E-state index in [9.17, 15) is 32.0 Å². The number of halogens is 3. The predicted octanol–water partition coefficient (Wildman–Crippen LogP) is 3.23. The van der Waals surface area contributed by atoms with Crippen molar-refractivity contribution in [3.05, 3.63) is 58.1 Å². The number of nitrogens with zero attached hydrogens (tertiary/aromatic N) is 4. The minimum atomic E-state index is -4.99. The van der Waals surface area contributed by atoms with Crippen molar-refractivity contribution in [2.45, 2.75) is 24.7 Å². The minimum absolute atomic E-state index is 0.00681. The molecule has 0 bridgehead atoms. The van der Waals surface area contributed by atoms with Crippen LogP contribution in [0.1, 0.15) is 18.1 Å². The van der Waals surface area contributed by atoms with Gasteiger partial charge in [-0.25, -0.2) is 9.66 Å². The quantitative estimate of drug-likeness (QED) is 0.436. The summed E-state index contributed by atoms with van der Waals surface area (Å²) in [6, 6.07) is 8.23. The molecule has 2 aromatic carbocycles. The molecule has 4 rings (SSSR count). The second-order valence-electron chi connectivity index (χ2n) is 8.20. The van der Waals surface area contributed by atoms with E-state index in [4.69, 9.17) is 4.74 Å². The summed E-state index contributed by atoms with van der Waals surface area (Å²) in [5, 5.41) is 9.06. The van der Waals surface area contributed by atoms with Crippen LogP contribution in [0.3, 0.4) is 0 Å². The molecule has 1 aromatic heterocycles. The first-order chi connectivity index (χ1) is 17.5. The summed E-state index contributed by atoms with van der Waals surface area (Å²) in [5.41, 5.74) is 2.41. The fraction of sp³-hybridized carbons (Fsp3) is 0.348. The maximum Gasteiger partial charge on any atom is 0.573 e. The number of morpholine rings is 1. The van der Waals surface area contributed by atoms with E-state index in [2.05, 4.69) is 15.1 Å². The van der Waals surface area contributed by atoms with Crippen LogP contribution in [-0.2, 0) is 25.7 Å². The Morgan fingerprint density at radius 3 is 2.65 bits per heavy atom. The van der Waals surface area contributed by atoms with E-state index in [1.807, 2.05) is 11.0 Å². The number of ether oxygens (including phenoxy) is 2. The molecule has 1 fully saturated rings. The van der Waals surface area contributed by atoms with Crippen LogP contribution < -0.4 is 15.7 Å². The maximum atomic E-state index is 13.2. The molecule has 1 aliphatic heterocycles. The summed E-state index contributed by atoms with van der Waals surface area (Å²) in [6.45, 7) is 3.59. The number of hydrogen-bond donors (Lipinski definition) is 2. The Bertz CT molecular complexity index is 1460. The highest BCUT2D eigenvalue weighted by molar-refractivity contribution is 7.97. The first-order valence-corrected chi connectivity index (χ1v) is 12.8. The fourth-order valence-electron chi connectivity index (χ4n) is 3.87. The second kappa shape index (κ2) is 10.5. The molecule has 1 unspecified atom stereocenters. The molecule has 10 nitrogen and oxygen atoms in total. The summed E-state index contributed by atoms with van der Waals surface area (Å²) in [6.07, 6.45) is -3.87. The Kier molecular flexibility index (Phi) is 7.51. The monoisotopic (exact) mass is 538 g/mol. The summed E-state index contributed by atoms with van der Waals surface area (Å²) in [5.74, 6) is -0.651. The lowest BCUT2D eigenvalue weighted by molar-refractivity contribution is -0.275. The number of alkyl halides is 3. The van der Waals surface area contributed by atoms with Gasteiger partial charge in [0.15, 0.2) is 0 Å². The number of hydrogen-bond acceptors (Lipinski definition) is 8. The van der Waals surface area contributed by atoms with Gasteiger partial charge in [-0.3, -0.25) is 15.1 Å². The molecule has 14 heteroatoms. The van der Waals surface area contributed by atoms with Gasteiger partial charge in [0.2, 0.25) is 15.1 Å². The normalized spacial score (nSPS) is 16.2. The van der Waals surface area contributed by atoms with Gasteiger partial charge >= 0.3 is 6.36 Å². The van der Waals surface area contributed by atoms with Crippen molar-refractivity contribution >= 4 is 26.8 Å². The van der Waals surface area contributed by atoms with Crippen LogP contribution in [0.15, 0.2) is 46.3 Å². The summed E-state index contributed by atoms with van der Waals surface area (Å²) in [7, 11) is -3.49. The summed E-state index contributed by atoms with van der Waals surface area (Å²) < 4.78 is 72.9. The second-order valence-corrected chi connectivity index (χ2v) is 10.5. The molecule has 0 saturated carbocycles. The van der Waals surface area contributed by atoms with Gasteiger partial charge in [0.05, 0.1) is 35.7 Å². The van der Waals surface area contributed by atoms with Crippen LogP contribution in [0.25, 0.3) is 10.9 Å². The molecule has 1 atom stereocenters. The van der Waals surface area contributed by atoms with Crippen LogP contribution in [0.5, 0.6) is 5.75 Å². The zero-order valence-corrected chi connectivity index (χ0v) is 20.4. The smallest absolute Gasteiger partial charge is 0.405 e. The molecular weight excluding hydrogens is 515 g/mol. The van der Waals surface area contributed by atoms with Crippen molar-refractivity contribution in [2.75, 3.05) is 37.5 Å². The fourth-order valence-corrected chi connectivity index (χ4v) is 4.91. The molecule has 37 heavy (non-hydrogen) atoms. The Labute approximate surface area is 210 Å². The highest BCUT2D eigenvalue weighted by atomic mass is 32.3. The van der Waals surface area contributed by atoms with Gasteiger partial charge in [-0.2, -0.15) is 9.81 Å². The molecule has 3 aromatic rings. The third-order valence-electron chi connectivity index (χ3n) is 5.75. The lowest BCUT2D eigenvalue weighted by Crippen LogP contribution is -2.36. The predicted molar refractivity (Wildman–Crippen MR) is 128 cm³/mol. The number of nitriles is 1. The maximum absolute atomic E-state index is 13.2. The summed E-state index contributed by atoms with van der Waals surface area (Å²) >= 11 is 0. The van der Waals surface area contributed by atoms with Crippen molar-refractivity contribution in [2.24, 2.45) is 0 Å². The van der Waals surface area contributed by atoms with E-state index < -0.39 is 27.9 Å². The molecule has 2 heterocycles. The minimum Gasteiger partial charge on any atom is -0.405 e. The van der Waals surface area contributed by atoms with Crippen molar-refractivity contribution in [1.82, 2.24) is 14.6 Å². The van der Waals surface area contributed by atoms with Gasteiger partial charge < -0.3 is 9.47 Å². The van der Waals surface area contributed by atoms with Crippen LogP contribution >= 0.6 is 0 Å². The van der Waals surface area contributed by atoms with Crippen LogP contribution in [0.2, 0.25) is 0 Å². The van der Waals surface area contributed by atoms with E-state index >= 15 is 0 Å². The highest BCUT2D eigenvalue weighted by Crippen LogP contribution is 2.31. The topological polar surface area (TPSA) is 130 Å². The largest absolute Gasteiger partial charge is 0.573 e. The third kappa shape index (κ3) is 6.08.